The predicted molar refractivity (Wildman–Crippen MR) is 104 cm³/mol. The van der Waals surface area contributed by atoms with Crippen molar-refractivity contribution >= 4 is 29.1 Å². The van der Waals surface area contributed by atoms with E-state index in [1.54, 1.807) is 6.07 Å². The SMILES string of the molecule is CCN(C(=O)C(C)Cc1ccc(Cl)cc1Cl)C1CCc2ccccc21. The van der Waals surface area contributed by atoms with Crippen LogP contribution in [0.1, 0.15) is 43.0 Å². The molecule has 132 valence electrons. The molecule has 0 N–H and O–H groups in total. The van der Waals surface area contributed by atoms with E-state index in [0.717, 1.165) is 24.9 Å². The van der Waals surface area contributed by atoms with Crippen molar-refractivity contribution in [2.45, 2.75) is 39.2 Å². The minimum absolute atomic E-state index is 0.119. The molecule has 1 aliphatic carbocycles. The molecule has 1 amide bonds. The van der Waals surface area contributed by atoms with Gasteiger partial charge in [0.25, 0.3) is 0 Å². The van der Waals surface area contributed by atoms with E-state index in [2.05, 4.69) is 31.2 Å². The Hall–Kier alpha value is -1.51. The smallest absolute Gasteiger partial charge is 0.226 e. The van der Waals surface area contributed by atoms with E-state index in [4.69, 9.17) is 23.2 Å². The molecule has 0 bridgehead atoms. The summed E-state index contributed by atoms with van der Waals surface area (Å²) in [5, 5.41) is 1.24. The van der Waals surface area contributed by atoms with E-state index in [0.29, 0.717) is 16.5 Å². The Morgan fingerprint density at radius 3 is 2.72 bits per heavy atom. The average Bonchev–Trinajstić information content (AvgIpc) is 3.02. The summed E-state index contributed by atoms with van der Waals surface area (Å²) in [5.74, 6) is 0.0709. The summed E-state index contributed by atoms with van der Waals surface area (Å²) in [6.45, 7) is 4.76. The molecule has 0 saturated heterocycles. The van der Waals surface area contributed by atoms with Crippen LogP contribution in [-0.4, -0.2) is 17.4 Å². The van der Waals surface area contributed by atoms with Crippen LogP contribution in [0.25, 0.3) is 0 Å². The molecule has 3 rings (SSSR count). The summed E-state index contributed by atoms with van der Waals surface area (Å²) in [5.41, 5.74) is 3.64. The summed E-state index contributed by atoms with van der Waals surface area (Å²) in [4.78, 5) is 15.1. The van der Waals surface area contributed by atoms with Crippen LogP contribution in [0.3, 0.4) is 0 Å². The fourth-order valence-electron chi connectivity index (χ4n) is 3.78. The highest BCUT2D eigenvalue weighted by atomic mass is 35.5. The van der Waals surface area contributed by atoms with Crippen molar-refractivity contribution in [1.82, 2.24) is 4.90 Å². The third-order valence-corrected chi connectivity index (χ3v) is 5.65. The quantitative estimate of drug-likeness (QED) is 0.655. The molecule has 0 fully saturated rings. The van der Waals surface area contributed by atoms with E-state index in [-0.39, 0.29) is 17.9 Å². The number of amides is 1. The van der Waals surface area contributed by atoms with Gasteiger partial charge in [-0.1, -0.05) is 60.5 Å². The van der Waals surface area contributed by atoms with Crippen molar-refractivity contribution in [3.8, 4) is 0 Å². The predicted octanol–water partition coefficient (Wildman–Crippen LogP) is 5.71. The van der Waals surface area contributed by atoms with E-state index in [9.17, 15) is 4.79 Å². The minimum Gasteiger partial charge on any atom is -0.336 e. The fourth-order valence-corrected chi connectivity index (χ4v) is 4.26. The van der Waals surface area contributed by atoms with Crippen molar-refractivity contribution in [2.24, 2.45) is 5.92 Å². The topological polar surface area (TPSA) is 20.3 Å². The summed E-state index contributed by atoms with van der Waals surface area (Å²) in [6, 6.07) is 14.1. The standard InChI is InChI=1S/C21H23Cl2NO/c1-3-24(20-11-9-15-6-4-5-7-18(15)20)21(25)14(2)12-16-8-10-17(22)13-19(16)23/h4-8,10,13-14,20H,3,9,11-12H2,1-2H3. The van der Waals surface area contributed by atoms with Gasteiger partial charge in [0.1, 0.15) is 0 Å². The van der Waals surface area contributed by atoms with Crippen LogP contribution < -0.4 is 0 Å². The van der Waals surface area contributed by atoms with Gasteiger partial charge in [0.2, 0.25) is 5.91 Å². The van der Waals surface area contributed by atoms with Crippen LogP contribution in [-0.2, 0) is 17.6 Å². The molecule has 2 unspecified atom stereocenters. The highest BCUT2D eigenvalue weighted by Crippen LogP contribution is 2.36. The Bertz CT molecular complexity index is 774. The van der Waals surface area contributed by atoms with Gasteiger partial charge in [-0.05, 0) is 55.0 Å². The molecule has 0 aliphatic heterocycles. The van der Waals surface area contributed by atoms with E-state index in [1.165, 1.54) is 11.1 Å². The first-order valence-electron chi connectivity index (χ1n) is 8.83. The number of hydrogen-bond acceptors (Lipinski definition) is 1. The number of nitrogens with zero attached hydrogens (tertiary/aromatic N) is 1. The molecule has 1 aliphatic rings. The molecule has 4 heteroatoms. The molecule has 2 aromatic carbocycles. The Morgan fingerprint density at radius 1 is 1.24 bits per heavy atom. The number of carbonyl (C=O) groups is 1. The Kier molecular flexibility index (Phi) is 5.71. The summed E-state index contributed by atoms with van der Waals surface area (Å²) >= 11 is 12.2. The number of aryl methyl sites for hydroxylation is 1. The van der Waals surface area contributed by atoms with Gasteiger partial charge in [0.05, 0.1) is 6.04 Å². The lowest BCUT2D eigenvalue weighted by molar-refractivity contribution is -0.137. The van der Waals surface area contributed by atoms with Crippen LogP contribution in [0, 0.1) is 5.92 Å². The van der Waals surface area contributed by atoms with Gasteiger partial charge in [0, 0.05) is 22.5 Å². The summed E-state index contributed by atoms with van der Waals surface area (Å²) < 4.78 is 0. The van der Waals surface area contributed by atoms with Gasteiger partial charge in [-0.2, -0.15) is 0 Å². The Labute approximate surface area is 159 Å². The number of rotatable bonds is 5. The number of hydrogen-bond donors (Lipinski definition) is 0. The van der Waals surface area contributed by atoms with Crippen molar-refractivity contribution < 1.29 is 4.79 Å². The normalized spacial score (nSPS) is 17.2. The molecule has 0 heterocycles. The average molecular weight is 376 g/mol. The maximum absolute atomic E-state index is 13.1. The summed E-state index contributed by atoms with van der Waals surface area (Å²) in [7, 11) is 0. The second-order valence-electron chi connectivity index (χ2n) is 6.72. The first kappa shape index (κ1) is 18.3. The highest BCUT2D eigenvalue weighted by Gasteiger charge is 2.32. The zero-order valence-electron chi connectivity index (χ0n) is 14.6. The van der Waals surface area contributed by atoms with Crippen LogP contribution in [0.4, 0.5) is 0 Å². The summed E-state index contributed by atoms with van der Waals surface area (Å²) in [6.07, 6.45) is 2.68. The van der Waals surface area contributed by atoms with Crippen molar-refractivity contribution in [2.75, 3.05) is 6.54 Å². The fraction of sp³-hybridized carbons (Fsp3) is 0.381. The largest absolute Gasteiger partial charge is 0.336 e. The maximum Gasteiger partial charge on any atom is 0.226 e. The Balaban J connectivity index is 1.76. The second-order valence-corrected chi connectivity index (χ2v) is 7.56. The van der Waals surface area contributed by atoms with Gasteiger partial charge in [0.15, 0.2) is 0 Å². The zero-order valence-corrected chi connectivity index (χ0v) is 16.1. The van der Waals surface area contributed by atoms with Gasteiger partial charge in [-0.3, -0.25) is 4.79 Å². The first-order chi connectivity index (χ1) is 12.0. The molecule has 2 aromatic rings. The molecule has 2 atom stereocenters. The molecule has 2 nitrogen and oxygen atoms in total. The molecular formula is C21H23Cl2NO. The van der Waals surface area contributed by atoms with Crippen molar-refractivity contribution in [1.29, 1.82) is 0 Å². The van der Waals surface area contributed by atoms with Crippen LogP contribution >= 0.6 is 23.2 Å². The lowest BCUT2D eigenvalue weighted by atomic mass is 9.98. The number of benzene rings is 2. The highest BCUT2D eigenvalue weighted by molar-refractivity contribution is 6.35. The van der Waals surface area contributed by atoms with E-state index < -0.39 is 0 Å². The van der Waals surface area contributed by atoms with Gasteiger partial charge in [-0.25, -0.2) is 0 Å². The maximum atomic E-state index is 13.1. The number of carbonyl (C=O) groups excluding carboxylic acids is 1. The molecule has 0 saturated carbocycles. The van der Waals surface area contributed by atoms with Crippen LogP contribution in [0.15, 0.2) is 42.5 Å². The van der Waals surface area contributed by atoms with E-state index >= 15 is 0 Å². The minimum atomic E-state index is -0.119. The van der Waals surface area contributed by atoms with Gasteiger partial charge < -0.3 is 4.90 Å². The zero-order chi connectivity index (χ0) is 18.0. The Morgan fingerprint density at radius 2 is 2.00 bits per heavy atom. The van der Waals surface area contributed by atoms with Gasteiger partial charge >= 0.3 is 0 Å². The number of halogens is 2. The molecule has 0 radical (unpaired) electrons. The molecule has 0 aromatic heterocycles. The third kappa shape index (κ3) is 3.86. The lowest BCUT2D eigenvalue weighted by Gasteiger charge is -2.31. The van der Waals surface area contributed by atoms with Gasteiger partial charge in [-0.15, -0.1) is 0 Å². The van der Waals surface area contributed by atoms with Crippen molar-refractivity contribution in [3.63, 3.8) is 0 Å². The van der Waals surface area contributed by atoms with Crippen LogP contribution in [0.2, 0.25) is 10.0 Å². The lowest BCUT2D eigenvalue weighted by Crippen LogP contribution is -2.38. The second kappa shape index (κ2) is 7.80. The number of fused-ring (bicyclic) bond motifs is 1. The molecule has 0 spiro atoms. The molecule has 25 heavy (non-hydrogen) atoms. The third-order valence-electron chi connectivity index (χ3n) is 5.06. The van der Waals surface area contributed by atoms with Crippen LogP contribution in [0.5, 0.6) is 0 Å². The monoisotopic (exact) mass is 375 g/mol. The first-order valence-corrected chi connectivity index (χ1v) is 9.59. The van der Waals surface area contributed by atoms with E-state index in [1.807, 2.05) is 24.0 Å². The van der Waals surface area contributed by atoms with Crippen molar-refractivity contribution in [3.05, 3.63) is 69.2 Å². The molecular weight excluding hydrogens is 353 g/mol.